The highest BCUT2D eigenvalue weighted by molar-refractivity contribution is 9.10. The van der Waals surface area contributed by atoms with E-state index >= 15 is 0 Å². The molecule has 0 spiro atoms. The average molecular weight is 365 g/mol. The minimum atomic E-state index is -0.238. The van der Waals surface area contributed by atoms with Crippen LogP contribution in [0.3, 0.4) is 0 Å². The summed E-state index contributed by atoms with van der Waals surface area (Å²) in [5.74, 6) is 0.310. The van der Waals surface area contributed by atoms with E-state index in [1.54, 1.807) is 36.4 Å². The van der Waals surface area contributed by atoms with Crippen molar-refractivity contribution in [3.8, 4) is 5.75 Å². The van der Waals surface area contributed by atoms with Crippen LogP contribution in [0.4, 0.5) is 5.69 Å². The number of benzene rings is 2. The molecule has 0 aliphatic rings. The molecule has 2 aromatic rings. The molecule has 1 amide bonds. The minimum absolute atomic E-state index is 0.0865. The van der Waals surface area contributed by atoms with Gasteiger partial charge in [-0.05, 0) is 36.4 Å². The number of hydrogen-bond donors (Lipinski definition) is 2. The lowest BCUT2D eigenvalue weighted by Gasteiger charge is -2.08. The number of nitrogens with one attached hydrogen (secondary N) is 1. The van der Waals surface area contributed by atoms with Crippen LogP contribution in [-0.2, 0) is 4.79 Å². The predicted octanol–water partition coefficient (Wildman–Crippen LogP) is 3.10. The molecule has 0 aromatic heterocycles. The van der Waals surface area contributed by atoms with Crippen LogP contribution in [0.5, 0.6) is 5.75 Å². The van der Waals surface area contributed by atoms with E-state index in [0.29, 0.717) is 22.0 Å². The number of thiocarbonyl (C=S) groups is 1. The highest BCUT2D eigenvalue weighted by Crippen LogP contribution is 2.15. The van der Waals surface area contributed by atoms with Gasteiger partial charge in [0.1, 0.15) is 10.7 Å². The Kier molecular flexibility index (Phi) is 5.30. The first-order chi connectivity index (χ1) is 10.0. The standard InChI is InChI=1S/C15H13BrN2O2S/c16-11-4-6-12(7-5-11)18-14(19)9-20-13-3-1-2-10(8-13)15(17)21/h1-8H,9H2,(H2,17,21)(H,18,19). The number of halogens is 1. The van der Waals surface area contributed by atoms with Crippen LogP contribution in [0.2, 0.25) is 0 Å². The lowest BCUT2D eigenvalue weighted by atomic mass is 10.2. The molecule has 0 aliphatic heterocycles. The van der Waals surface area contributed by atoms with Gasteiger partial charge < -0.3 is 15.8 Å². The predicted molar refractivity (Wildman–Crippen MR) is 90.6 cm³/mol. The summed E-state index contributed by atoms with van der Waals surface area (Å²) in [5, 5.41) is 2.74. The van der Waals surface area contributed by atoms with E-state index in [4.69, 9.17) is 22.7 Å². The number of rotatable bonds is 5. The molecule has 3 N–H and O–H groups in total. The highest BCUT2D eigenvalue weighted by atomic mass is 79.9. The molecule has 4 nitrogen and oxygen atoms in total. The molecule has 0 bridgehead atoms. The van der Waals surface area contributed by atoms with Crippen molar-refractivity contribution in [2.24, 2.45) is 5.73 Å². The van der Waals surface area contributed by atoms with Crippen molar-refractivity contribution in [3.63, 3.8) is 0 Å². The quantitative estimate of drug-likeness (QED) is 0.800. The van der Waals surface area contributed by atoms with E-state index in [9.17, 15) is 4.79 Å². The lowest BCUT2D eigenvalue weighted by molar-refractivity contribution is -0.118. The lowest BCUT2D eigenvalue weighted by Crippen LogP contribution is -2.20. The molecule has 0 fully saturated rings. The Hall–Kier alpha value is -1.92. The molecule has 6 heteroatoms. The Morgan fingerprint density at radius 2 is 1.95 bits per heavy atom. The van der Waals surface area contributed by atoms with Gasteiger partial charge in [-0.25, -0.2) is 0 Å². The highest BCUT2D eigenvalue weighted by Gasteiger charge is 2.05. The fraction of sp³-hybridized carbons (Fsp3) is 0.0667. The van der Waals surface area contributed by atoms with Crippen LogP contribution in [-0.4, -0.2) is 17.5 Å². The summed E-state index contributed by atoms with van der Waals surface area (Å²) in [6, 6.07) is 14.3. The number of hydrogen-bond acceptors (Lipinski definition) is 3. The van der Waals surface area contributed by atoms with Gasteiger partial charge in [0, 0.05) is 15.7 Å². The number of nitrogens with two attached hydrogens (primary N) is 1. The second kappa shape index (κ2) is 7.19. The SMILES string of the molecule is NC(=S)c1cccc(OCC(=O)Nc2ccc(Br)cc2)c1. The summed E-state index contributed by atoms with van der Waals surface area (Å²) in [7, 11) is 0. The Labute approximate surface area is 136 Å². The Balaban J connectivity index is 1.90. The molecular weight excluding hydrogens is 352 g/mol. The maximum atomic E-state index is 11.8. The summed E-state index contributed by atoms with van der Waals surface area (Å²) in [6.45, 7) is -0.0865. The summed E-state index contributed by atoms with van der Waals surface area (Å²) >= 11 is 8.23. The molecule has 0 heterocycles. The number of anilines is 1. The van der Waals surface area contributed by atoms with Crippen LogP contribution in [0.1, 0.15) is 5.56 Å². The summed E-state index contributed by atoms with van der Waals surface area (Å²) in [6.07, 6.45) is 0. The van der Waals surface area contributed by atoms with Crippen LogP contribution in [0.15, 0.2) is 53.0 Å². The number of amides is 1. The van der Waals surface area contributed by atoms with E-state index in [0.717, 1.165) is 4.47 Å². The van der Waals surface area contributed by atoms with Crippen molar-refractivity contribution in [1.82, 2.24) is 0 Å². The van der Waals surface area contributed by atoms with Gasteiger partial charge in [-0.2, -0.15) is 0 Å². The third-order valence-corrected chi connectivity index (χ3v) is 3.38. The normalized spacial score (nSPS) is 9.95. The van der Waals surface area contributed by atoms with Crippen molar-refractivity contribution in [1.29, 1.82) is 0 Å². The molecule has 0 saturated heterocycles. The van der Waals surface area contributed by atoms with E-state index in [1.165, 1.54) is 0 Å². The van der Waals surface area contributed by atoms with Gasteiger partial charge in [-0.3, -0.25) is 4.79 Å². The van der Waals surface area contributed by atoms with Gasteiger partial charge in [-0.1, -0.05) is 40.3 Å². The van der Waals surface area contributed by atoms with Gasteiger partial charge in [0.2, 0.25) is 0 Å². The first-order valence-electron chi connectivity index (χ1n) is 6.12. The van der Waals surface area contributed by atoms with Crippen molar-refractivity contribution < 1.29 is 9.53 Å². The molecule has 0 unspecified atom stereocenters. The summed E-state index contributed by atoms with van der Waals surface area (Å²) in [5.41, 5.74) is 6.96. The van der Waals surface area contributed by atoms with Gasteiger partial charge in [0.05, 0.1) is 0 Å². The fourth-order valence-corrected chi connectivity index (χ4v) is 2.01. The number of carbonyl (C=O) groups is 1. The Morgan fingerprint density at radius 3 is 2.62 bits per heavy atom. The Morgan fingerprint density at radius 1 is 1.24 bits per heavy atom. The topological polar surface area (TPSA) is 64.3 Å². The number of carbonyl (C=O) groups excluding carboxylic acids is 1. The largest absolute Gasteiger partial charge is 0.484 e. The molecule has 0 atom stereocenters. The second-order valence-electron chi connectivity index (χ2n) is 4.24. The molecule has 0 saturated carbocycles. The van der Waals surface area contributed by atoms with E-state index < -0.39 is 0 Å². The first-order valence-corrected chi connectivity index (χ1v) is 7.33. The monoisotopic (exact) mass is 364 g/mol. The maximum Gasteiger partial charge on any atom is 0.262 e. The zero-order valence-corrected chi connectivity index (χ0v) is 13.4. The smallest absolute Gasteiger partial charge is 0.262 e. The van der Waals surface area contributed by atoms with Gasteiger partial charge in [0.25, 0.3) is 5.91 Å². The molecular formula is C15H13BrN2O2S. The number of ether oxygens (including phenoxy) is 1. The van der Waals surface area contributed by atoms with E-state index in [-0.39, 0.29) is 12.5 Å². The second-order valence-corrected chi connectivity index (χ2v) is 5.59. The molecule has 0 radical (unpaired) electrons. The fourth-order valence-electron chi connectivity index (χ4n) is 1.62. The van der Waals surface area contributed by atoms with Crippen molar-refractivity contribution in [2.45, 2.75) is 0 Å². The average Bonchev–Trinajstić information content (AvgIpc) is 2.48. The van der Waals surface area contributed by atoms with E-state index in [2.05, 4.69) is 21.2 Å². The van der Waals surface area contributed by atoms with Crippen LogP contribution in [0.25, 0.3) is 0 Å². The first kappa shape index (κ1) is 15.5. The van der Waals surface area contributed by atoms with Gasteiger partial charge in [0.15, 0.2) is 6.61 Å². The third kappa shape index (κ3) is 4.84. The zero-order chi connectivity index (χ0) is 15.2. The van der Waals surface area contributed by atoms with Crippen LogP contribution >= 0.6 is 28.1 Å². The minimum Gasteiger partial charge on any atom is -0.484 e. The van der Waals surface area contributed by atoms with Crippen LogP contribution < -0.4 is 15.8 Å². The maximum absolute atomic E-state index is 11.8. The summed E-state index contributed by atoms with van der Waals surface area (Å²) < 4.78 is 6.37. The summed E-state index contributed by atoms with van der Waals surface area (Å²) in [4.78, 5) is 12.1. The molecule has 21 heavy (non-hydrogen) atoms. The van der Waals surface area contributed by atoms with E-state index in [1.807, 2.05) is 12.1 Å². The van der Waals surface area contributed by atoms with Crippen molar-refractivity contribution >= 4 is 44.7 Å². The Bertz CT molecular complexity index is 659. The molecule has 108 valence electrons. The van der Waals surface area contributed by atoms with Crippen molar-refractivity contribution in [3.05, 3.63) is 58.6 Å². The third-order valence-electron chi connectivity index (χ3n) is 2.62. The van der Waals surface area contributed by atoms with Crippen LogP contribution in [0, 0.1) is 0 Å². The van der Waals surface area contributed by atoms with Gasteiger partial charge >= 0.3 is 0 Å². The molecule has 0 aliphatic carbocycles. The molecule has 2 aromatic carbocycles. The molecule has 2 rings (SSSR count). The zero-order valence-electron chi connectivity index (χ0n) is 11.0. The van der Waals surface area contributed by atoms with Crippen molar-refractivity contribution in [2.75, 3.05) is 11.9 Å². The van der Waals surface area contributed by atoms with Gasteiger partial charge in [-0.15, -0.1) is 0 Å².